The molecule has 118 valence electrons. The molecule has 0 bridgehead atoms. The Hall–Kier alpha value is -2.27. The van der Waals surface area contributed by atoms with Gasteiger partial charge in [-0.25, -0.2) is 4.98 Å². The highest BCUT2D eigenvalue weighted by atomic mass is 32.2. The molecule has 4 nitrogen and oxygen atoms in total. The number of nitrogens with one attached hydrogen (secondary N) is 1. The molecule has 1 aromatic heterocycles. The molecule has 3 aromatic rings. The van der Waals surface area contributed by atoms with Gasteiger partial charge in [-0.15, -0.1) is 0 Å². The quantitative estimate of drug-likeness (QED) is 0.721. The smallest absolute Gasteiger partial charge is 0.237 e. The van der Waals surface area contributed by atoms with Crippen LogP contribution in [0.4, 0.5) is 5.69 Å². The van der Waals surface area contributed by atoms with Crippen LogP contribution in [0.3, 0.4) is 0 Å². The number of amides is 1. The third-order valence-electron chi connectivity index (χ3n) is 3.71. The molecule has 0 saturated heterocycles. The first-order valence-electron chi connectivity index (χ1n) is 7.62. The van der Waals surface area contributed by atoms with Crippen molar-refractivity contribution < 1.29 is 4.79 Å². The number of benzene rings is 2. The molecular weight excluding hydrogens is 306 g/mol. The molecule has 0 unspecified atom stereocenters. The number of rotatable bonds is 5. The number of nitrogens with zero attached hydrogens (tertiary/aromatic N) is 2. The summed E-state index contributed by atoms with van der Waals surface area (Å²) in [7, 11) is 0. The Morgan fingerprint density at radius 2 is 1.96 bits per heavy atom. The first kappa shape index (κ1) is 15.6. The number of aromatic nitrogens is 2. The van der Waals surface area contributed by atoms with Crippen molar-refractivity contribution in [2.24, 2.45) is 0 Å². The van der Waals surface area contributed by atoms with Crippen LogP contribution >= 0.6 is 11.8 Å². The number of hydrogen-bond donors (Lipinski definition) is 1. The Labute approximate surface area is 139 Å². The summed E-state index contributed by atoms with van der Waals surface area (Å²) in [5.74, 6) is 0.447. The van der Waals surface area contributed by atoms with E-state index in [2.05, 4.69) is 9.97 Å². The molecule has 0 atom stereocenters. The van der Waals surface area contributed by atoms with Crippen molar-refractivity contribution >= 4 is 34.4 Å². The maximum atomic E-state index is 12.5. The van der Waals surface area contributed by atoms with Crippen molar-refractivity contribution in [2.45, 2.75) is 19.0 Å². The number of aryl methyl sites for hydroxylation is 1. The van der Waals surface area contributed by atoms with E-state index in [1.807, 2.05) is 62.4 Å². The van der Waals surface area contributed by atoms with Gasteiger partial charge < -0.3 is 9.88 Å². The number of thioether (sulfide) groups is 1. The number of carbonyl (C=O) groups is 1. The molecule has 0 fully saturated rings. The third kappa shape index (κ3) is 3.40. The molecule has 0 radical (unpaired) electrons. The summed E-state index contributed by atoms with van der Waals surface area (Å²) >= 11 is 1.44. The third-order valence-corrected chi connectivity index (χ3v) is 4.57. The minimum atomic E-state index is 0.0841. The Balaban J connectivity index is 1.71. The first-order valence-corrected chi connectivity index (χ1v) is 8.61. The van der Waals surface area contributed by atoms with E-state index in [-0.39, 0.29) is 5.91 Å². The van der Waals surface area contributed by atoms with Gasteiger partial charge in [-0.2, -0.15) is 0 Å². The first-order chi connectivity index (χ1) is 11.2. The predicted molar refractivity (Wildman–Crippen MR) is 96.0 cm³/mol. The van der Waals surface area contributed by atoms with E-state index < -0.39 is 0 Å². The molecule has 23 heavy (non-hydrogen) atoms. The highest BCUT2D eigenvalue weighted by molar-refractivity contribution is 7.99. The van der Waals surface area contributed by atoms with Crippen molar-refractivity contribution in [2.75, 3.05) is 17.2 Å². The predicted octanol–water partition coefficient (Wildman–Crippen LogP) is 4.02. The zero-order valence-electron chi connectivity index (χ0n) is 13.2. The maximum absolute atomic E-state index is 12.5. The van der Waals surface area contributed by atoms with Gasteiger partial charge in [0.1, 0.15) is 0 Å². The number of para-hydroxylation sites is 2. The number of carbonyl (C=O) groups excluding carboxylic acids is 1. The van der Waals surface area contributed by atoms with Crippen molar-refractivity contribution in [1.29, 1.82) is 0 Å². The van der Waals surface area contributed by atoms with Crippen LogP contribution in [0.1, 0.15) is 12.5 Å². The van der Waals surface area contributed by atoms with Gasteiger partial charge in [-0.3, -0.25) is 4.79 Å². The van der Waals surface area contributed by atoms with Crippen molar-refractivity contribution in [3.05, 3.63) is 54.1 Å². The average Bonchev–Trinajstić information content (AvgIpc) is 2.99. The molecule has 1 heterocycles. The van der Waals surface area contributed by atoms with E-state index >= 15 is 0 Å². The maximum Gasteiger partial charge on any atom is 0.237 e. The summed E-state index contributed by atoms with van der Waals surface area (Å²) in [6.45, 7) is 4.68. The highest BCUT2D eigenvalue weighted by Crippen LogP contribution is 2.23. The van der Waals surface area contributed by atoms with Crippen LogP contribution in [0.5, 0.6) is 0 Å². The topological polar surface area (TPSA) is 49.0 Å². The fourth-order valence-electron chi connectivity index (χ4n) is 2.54. The van der Waals surface area contributed by atoms with Crippen LogP contribution in [0.25, 0.3) is 11.0 Å². The second-order valence-corrected chi connectivity index (χ2v) is 6.24. The van der Waals surface area contributed by atoms with E-state index in [0.717, 1.165) is 27.4 Å². The zero-order chi connectivity index (χ0) is 16.2. The number of aromatic amines is 1. The van der Waals surface area contributed by atoms with Gasteiger partial charge in [0, 0.05) is 12.2 Å². The van der Waals surface area contributed by atoms with Crippen LogP contribution in [0, 0.1) is 6.92 Å². The lowest BCUT2D eigenvalue weighted by Crippen LogP contribution is -2.32. The second kappa shape index (κ2) is 6.87. The van der Waals surface area contributed by atoms with Crippen LogP contribution < -0.4 is 4.90 Å². The Kier molecular flexibility index (Phi) is 4.67. The summed E-state index contributed by atoms with van der Waals surface area (Å²) in [4.78, 5) is 22.1. The minimum absolute atomic E-state index is 0.0841. The molecule has 0 saturated carbocycles. The molecule has 3 rings (SSSR count). The zero-order valence-corrected chi connectivity index (χ0v) is 14.1. The lowest BCUT2D eigenvalue weighted by atomic mass is 10.2. The standard InChI is InChI=1S/C18H19N3OS/c1-3-21(14-9-5-4-6-10-14)16(22)12-23-18-19-15-11-7-8-13(2)17(15)20-18/h4-11H,3,12H2,1-2H3,(H,19,20). The fourth-order valence-corrected chi connectivity index (χ4v) is 3.29. The van der Waals surface area contributed by atoms with E-state index in [9.17, 15) is 4.79 Å². The van der Waals surface area contributed by atoms with Crippen LogP contribution in [0.2, 0.25) is 0 Å². The van der Waals surface area contributed by atoms with Crippen molar-refractivity contribution in [3.8, 4) is 0 Å². The van der Waals surface area contributed by atoms with Gasteiger partial charge in [0.15, 0.2) is 5.16 Å². The number of fused-ring (bicyclic) bond motifs is 1. The lowest BCUT2D eigenvalue weighted by Gasteiger charge is -2.20. The van der Waals surface area contributed by atoms with Gasteiger partial charge >= 0.3 is 0 Å². The fraction of sp³-hybridized carbons (Fsp3) is 0.222. The molecule has 0 spiro atoms. The van der Waals surface area contributed by atoms with Crippen LogP contribution in [-0.4, -0.2) is 28.2 Å². The van der Waals surface area contributed by atoms with Crippen LogP contribution in [0.15, 0.2) is 53.7 Å². The molecular formula is C18H19N3OS. The van der Waals surface area contributed by atoms with E-state index in [1.54, 1.807) is 4.90 Å². The Morgan fingerprint density at radius 1 is 1.17 bits per heavy atom. The second-order valence-electron chi connectivity index (χ2n) is 5.28. The summed E-state index contributed by atoms with van der Waals surface area (Å²) in [6, 6.07) is 15.8. The highest BCUT2D eigenvalue weighted by Gasteiger charge is 2.15. The summed E-state index contributed by atoms with van der Waals surface area (Å²) < 4.78 is 0. The number of anilines is 1. The number of H-pyrrole nitrogens is 1. The number of hydrogen-bond acceptors (Lipinski definition) is 3. The van der Waals surface area contributed by atoms with E-state index in [1.165, 1.54) is 11.8 Å². The lowest BCUT2D eigenvalue weighted by molar-refractivity contribution is -0.116. The van der Waals surface area contributed by atoms with Gasteiger partial charge in [-0.1, -0.05) is 42.1 Å². The molecule has 0 aliphatic rings. The normalized spacial score (nSPS) is 10.9. The van der Waals surface area contributed by atoms with Gasteiger partial charge in [0.2, 0.25) is 5.91 Å². The van der Waals surface area contributed by atoms with E-state index in [4.69, 9.17) is 0 Å². The average molecular weight is 325 g/mol. The molecule has 5 heteroatoms. The molecule has 2 aromatic carbocycles. The Morgan fingerprint density at radius 3 is 2.65 bits per heavy atom. The SMILES string of the molecule is CCN(C(=O)CSc1nc2c(C)cccc2[nH]1)c1ccccc1. The van der Waals surface area contributed by atoms with Gasteiger partial charge in [0.05, 0.1) is 16.8 Å². The summed E-state index contributed by atoms with van der Waals surface area (Å²) in [5, 5.41) is 0.784. The summed E-state index contributed by atoms with van der Waals surface area (Å²) in [6.07, 6.45) is 0. The van der Waals surface area contributed by atoms with Crippen molar-refractivity contribution in [3.63, 3.8) is 0 Å². The summed E-state index contributed by atoms with van der Waals surface area (Å²) in [5.41, 5.74) is 4.05. The van der Waals surface area contributed by atoms with Gasteiger partial charge in [0.25, 0.3) is 0 Å². The van der Waals surface area contributed by atoms with Crippen molar-refractivity contribution in [1.82, 2.24) is 9.97 Å². The van der Waals surface area contributed by atoms with Crippen LogP contribution in [-0.2, 0) is 4.79 Å². The molecule has 0 aliphatic carbocycles. The largest absolute Gasteiger partial charge is 0.333 e. The monoisotopic (exact) mass is 325 g/mol. The van der Waals surface area contributed by atoms with Gasteiger partial charge in [-0.05, 0) is 37.6 Å². The minimum Gasteiger partial charge on any atom is -0.333 e. The molecule has 1 amide bonds. The number of imidazole rings is 1. The molecule has 0 aliphatic heterocycles. The molecule has 1 N–H and O–H groups in total. The van der Waals surface area contributed by atoms with E-state index in [0.29, 0.717) is 12.3 Å². The Bertz CT molecular complexity index is 814.